The molecular weight excluding hydrogens is 345 g/mol. The van der Waals surface area contributed by atoms with Crippen LogP contribution in [0.5, 0.6) is 0 Å². The fourth-order valence-electron chi connectivity index (χ4n) is 2.75. The summed E-state index contributed by atoms with van der Waals surface area (Å²) < 4.78 is 5.06. The summed E-state index contributed by atoms with van der Waals surface area (Å²) in [6.45, 7) is 4.72. The van der Waals surface area contributed by atoms with E-state index in [9.17, 15) is 4.79 Å². The summed E-state index contributed by atoms with van der Waals surface area (Å²) in [5.41, 5.74) is 0. The molecule has 1 saturated carbocycles. The van der Waals surface area contributed by atoms with Crippen LogP contribution in [0.3, 0.4) is 0 Å². The normalized spacial score (nSPS) is 17.1. The van der Waals surface area contributed by atoms with Gasteiger partial charge in [-0.15, -0.1) is 0 Å². The molecule has 6 heteroatoms. The van der Waals surface area contributed by atoms with Crippen molar-refractivity contribution in [3.8, 4) is 0 Å². The molecule has 0 aliphatic heterocycles. The van der Waals surface area contributed by atoms with Crippen LogP contribution in [0.4, 0.5) is 0 Å². The van der Waals surface area contributed by atoms with E-state index in [0.717, 1.165) is 19.3 Å². The van der Waals surface area contributed by atoms with Gasteiger partial charge in [0, 0.05) is 0 Å². The molecule has 1 amide bonds. The van der Waals surface area contributed by atoms with Crippen LogP contribution in [-0.2, 0) is 21.7 Å². The standard InChI is InChI=1S/C7H13NO.C5H5.C2H6Si.2ClH.Ti/c8-7(9)6-4-2-1-3-5-6;1-2-4-5-3-1;1-3-2;;;/h6H,1-5H2,(H2,8,9);1-3H,4H2;1-2H3;2*1H;/q;;;;;+3/p-3. The summed E-state index contributed by atoms with van der Waals surface area (Å²) >= 11 is -1.49. The molecule has 112 valence electrons. The van der Waals surface area contributed by atoms with Gasteiger partial charge in [-0.1, -0.05) is 0 Å². The monoisotopic (exact) mass is 367 g/mol. The zero-order valence-electron chi connectivity index (χ0n) is 12.2. The summed E-state index contributed by atoms with van der Waals surface area (Å²) in [6, 6.07) is 0. The van der Waals surface area contributed by atoms with Crippen molar-refractivity contribution in [2.45, 2.75) is 51.6 Å². The van der Waals surface area contributed by atoms with Gasteiger partial charge in [-0.25, -0.2) is 0 Å². The zero-order valence-corrected chi connectivity index (χ0v) is 16.3. The predicted molar refractivity (Wildman–Crippen MR) is 74.0 cm³/mol. The number of carbonyl (C=O) groups excluding carboxylic acids is 1. The Morgan fingerprint density at radius 3 is 2.40 bits per heavy atom. The van der Waals surface area contributed by atoms with Crippen LogP contribution < -0.4 is 28.6 Å². The number of halogens is 2. The number of hydrogen-bond donors (Lipinski definition) is 1. The summed E-state index contributed by atoms with van der Waals surface area (Å²) in [7, 11) is 0. The van der Waals surface area contributed by atoms with Gasteiger partial charge in [0.25, 0.3) is 0 Å². The quantitative estimate of drug-likeness (QED) is 0.541. The average molecular weight is 368 g/mol. The van der Waals surface area contributed by atoms with Gasteiger partial charge in [0.1, 0.15) is 0 Å². The Balaban J connectivity index is 0.00000180. The molecule has 0 heterocycles. The van der Waals surface area contributed by atoms with Gasteiger partial charge in [-0.05, 0) is 0 Å². The third-order valence-corrected chi connectivity index (χ3v) is 13.7. The minimum atomic E-state index is -1.49. The second-order valence-electron chi connectivity index (χ2n) is 5.52. The Morgan fingerprint density at radius 1 is 1.25 bits per heavy atom. The molecule has 0 radical (unpaired) electrons. The van der Waals surface area contributed by atoms with Crippen LogP contribution >= 0.6 is 0 Å². The number of hydrogen-bond acceptors (Lipinski definition) is 1. The summed E-state index contributed by atoms with van der Waals surface area (Å²) in [6.07, 6.45) is 13.4. The molecule has 2 aliphatic rings. The molecule has 0 atom stereocenters. The van der Waals surface area contributed by atoms with E-state index in [1.807, 2.05) is 0 Å². The van der Waals surface area contributed by atoms with Crippen molar-refractivity contribution in [1.82, 2.24) is 3.80 Å². The minimum Gasteiger partial charge on any atom is -1.00 e. The van der Waals surface area contributed by atoms with Gasteiger partial charge in [0.15, 0.2) is 0 Å². The number of amides is 1. The largest absolute Gasteiger partial charge is 1.00 e. The molecule has 1 fully saturated rings. The molecule has 0 aromatic heterocycles. The number of nitrogens with one attached hydrogen (secondary N) is 1. The van der Waals surface area contributed by atoms with E-state index in [1.165, 1.54) is 19.3 Å². The Bertz CT molecular complexity index is 425. The molecule has 2 rings (SSSR count). The number of rotatable bonds is 3. The molecule has 0 bridgehead atoms. The first kappa shape index (κ1) is 20.5. The molecule has 0 aromatic carbocycles. The maximum Gasteiger partial charge on any atom is -1.00 e. The third kappa shape index (κ3) is 5.69. The van der Waals surface area contributed by atoms with E-state index in [2.05, 4.69) is 35.1 Å². The summed E-state index contributed by atoms with van der Waals surface area (Å²) in [4.78, 5) is 12.4. The second-order valence-corrected chi connectivity index (χ2v) is 16.8. The van der Waals surface area contributed by atoms with Crippen molar-refractivity contribution < 1.29 is 46.5 Å². The van der Waals surface area contributed by atoms with Gasteiger partial charge < -0.3 is 24.8 Å². The number of allylic oxidation sites excluding steroid dienone is 4. The molecule has 2 aliphatic carbocycles. The summed E-state index contributed by atoms with van der Waals surface area (Å²) in [5.74, 6) is 0.696. The Morgan fingerprint density at radius 2 is 1.90 bits per heavy atom. The van der Waals surface area contributed by atoms with Crippen molar-refractivity contribution in [2.75, 3.05) is 0 Å². The van der Waals surface area contributed by atoms with Crippen molar-refractivity contribution in [3.63, 3.8) is 0 Å². The van der Waals surface area contributed by atoms with Crippen LogP contribution in [0, 0.1) is 5.92 Å². The molecular formula is C14H23Cl2NOSiTi. The second kappa shape index (κ2) is 10.2. The van der Waals surface area contributed by atoms with Crippen LogP contribution in [0.2, 0.25) is 13.1 Å². The average Bonchev–Trinajstić information content (AvgIpc) is 2.90. The van der Waals surface area contributed by atoms with Gasteiger partial charge in [-0.2, -0.15) is 0 Å². The van der Waals surface area contributed by atoms with Crippen LogP contribution in [0.15, 0.2) is 22.1 Å². The SMILES string of the molecule is C[Si](C)=[Ti+2]([NH]C(=O)C1CCCCC1)[C]1=CC=CC1.[Cl-].[Cl-]. The van der Waals surface area contributed by atoms with Gasteiger partial charge in [-0.3, -0.25) is 0 Å². The van der Waals surface area contributed by atoms with Crippen molar-refractivity contribution in [3.05, 3.63) is 22.1 Å². The van der Waals surface area contributed by atoms with E-state index < -0.39 is 16.9 Å². The fourth-order valence-corrected chi connectivity index (χ4v) is 11.0. The molecule has 1 N–H and O–H groups in total. The van der Waals surface area contributed by atoms with Crippen LogP contribution in [0.1, 0.15) is 38.5 Å². The maximum absolute atomic E-state index is 12.4. The predicted octanol–water partition coefficient (Wildman–Crippen LogP) is -2.68. The fraction of sp³-hybridized carbons (Fsp3) is 0.643. The third-order valence-electron chi connectivity index (χ3n) is 3.82. The van der Waals surface area contributed by atoms with E-state index >= 15 is 0 Å². The molecule has 20 heavy (non-hydrogen) atoms. The van der Waals surface area contributed by atoms with Gasteiger partial charge in [0.05, 0.1) is 0 Å². The molecule has 2 nitrogen and oxygen atoms in total. The first-order chi connectivity index (χ1) is 8.68. The van der Waals surface area contributed by atoms with Crippen molar-refractivity contribution >= 4 is 12.1 Å². The first-order valence-corrected chi connectivity index (χ1v) is 13.4. The van der Waals surface area contributed by atoms with E-state index in [-0.39, 0.29) is 31.0 Å². The number of carbonyl (C=O) groups is 1. The Kier molecular flexibility index (Phi) is 10.5. The summed E-state index contributed by atoms with van der Waals surface area (Å²) in [5, 5.41) is 0. The molecule has 0 spiro atoms. The van der Waals surface area contributed by atoms with Gasteiger partial charge >= 0.3 is 117 Å². The van der Waals surface area contributed by atoms with E-state index in [1.54, 1.807) is 3.88 Å². The molecule has 0 saturated heterocycles. The smallest absolute Gasteiger partial charge is 1.00 e. The van der Waals surface area contributed by atoms with Crippen LogP contribution in [-0.4, -0.2) is 12.1 Å². The van der Waals surface area contributed by atoms with E-state index in [0.29, 0.717) is 11.8 Å². The first-order valence-electron chi connectivity index (χ1n) is 7.03. The molecule has 0 aromatic rings. The Labute approximate surface area is 141 Å². The van der Waals surface area contributed by atoms with Gasteiger partial charge in [0.2, 0.25) is 0 Å². The topological polar surface area (TPSA) is 29.1 Å². The van der Waals surface area contributed by atoms with E-state index in [4.69, 9.17) is 0 Å². The van der Waals surface area contributed by atoms with Crippen LogP contribution in [0.25, 0.3) is 0 Å². The van der Waals surface area contributed by atoms with Crippen molar-refractivity contribution in [2.24, 2.45) is 5.92 Å². The zero-order chi connectivity index (χ0) is 13.0. The minimum absolute atomic E-state index is 0. The molecule has 0 unspecified atom stereocenters. The van der Waals surface area contributed by atoms with Crippen molar-refractivity contribution in [1.29, 1.82) is 0 Å². The Hall–Kier alpha value is 0.461. The maximum atomic E-state index is 12.4.